The summed E-state index contributed by atoms with van der Waals surface area (Å²) >= 11 is 0. The second kappa shape index (κ2) is 6.14. The summed E-state index contributed by atoms with van der Waals surface area (Å²) in [7, 11) is -1.60. The highest BCUT2D eigenvalue weighted by molar-refractivity contribution is 7.92. The predicted octanol–water partition coefficient (Wildman–Crippen LogP) is -1.00. The van der Waals surface area contributed by atoms with Crippen molar-refractivity contribution in [3.63, 3.8) is 0 Å². The number of imide groups is 1. The van der Waals surface area contributed by atoms with Crippen LogP contribution in [0.2, 0.25) is 0 Å². The van der Waals surface area contributed by atoms with Gasteiger partial charge in [-0.25, -0.2) is 13.2 Å². The summed E-state index contributed by atoms with van der Waals surface area (Å²) in [5, 5.41) is 6.81. The van der Waals surface area contributed by atoms with E-state index in [4.69, 9.17) is 0 Å². The van der Waals surface area contributed by atoms with Crippen LogP contribution in [0.1, 0.15) is 19.8 Å². The molecular weight excluding hydrogens is 258 g/mol. The standard InChI is InChI=1S/C10H19N3O4S/c1-7(9(14)13-10(15)11-2)12-6-8-4-3-5-18(8,16)17/h7-8,12H,3-6H2,1-2H3,(H2,11,13,14,15). The van der Waals surface area contributed by atoms with Gasteiger partial charge in [-0.1, -0.05) is 0 Å². The number of urea groups is 1. The van der Waals surface area contributed by atoms with E-state index in [0.717, 1.165) is 0 Å². The number of hydrogen-bond acceptors (Lipinski definition) is 5. The first-order valence-electron chi connectivity index (χ1n) is 5.84. The minimum atomic E-state index is -3.01. The van der Waals surface area contributed by atoms with Crippen molar-refractivity contribution in [2.24, 2.45) is 0 Å². The zero-order chi connectivity index (χ0) is 13.8. The number of carbonyl (C=O) groups is 2. The molecule has 0 spiro atoms. The second-order valence-corrected chi connectivity index (χ2v) is 6.73. The van der Waals surface area contributed by atoms with E-state index in [9.17, 15) is 18.0 Å². The first kappa shape index (κ1) is 14.9. The van der Waals surface area contributed by atoms with Gasteiger partial charge in [-0.05, 0) is 19.8 Å². The number of hydrogen-bond donors (Lipinski definition) is 3. The van der Waals surface area contributed by atoms with Gasteiger partial charge < -0.3 is 10.6 Å². The topological polar surface area (TPSA) is 104 Å². The number of rotatable bonds is 4. The third kappa shape index (κ3) is 3.95. The molecule has 1 saturated heterocycles. The third-order valence-corrected chi connectivity index (χ3v) is 5.25. The summed E-state index contributed by atoms with van der Waals surface area (Å²) in [5.41, 5.74) is 0. The molecule has 0 saturated carbocycles. The zero-order valence-corrected chi connectivity index (χ0v) is 11.3. The Bertz CT molecular complexity index is 421. The maximum absolute atomic E-state index is 11.6. The molecule has 0 radical (unpaired) electrons. The number of amides is 3. The van der Waals surface area contributed by atoms with E-state index < -0.39 is 33.1 Å². The monoisotopic (exact) mass is 277 g/mol. The van der Waals surface area contributed by atoms with Gasteiger partial charge in [-0.15, -0.1) is 0 Å². The lowest BCUT2D eigenvalue weighted by atomic mass is 10.2. The molecule has 18 heavy (non-hydrogen) atoms. The third-order valence-electron chi connectivity index (χ3n) is 2.97. The molecule has 0 aromatic carbocycles. The van der Waals surface area contributed by atoms with Crippen LogP contribution in [0.4, 0.5) is 4.79 Å². The van der Waals surface area contributed by atoms with Crippen LogP contribution >= 0.6 is 0 Å². The molecule has 1 heterocycles. The van der Waals surface area contributed by atoms with Crippen molar-refractivity contribution in [2.75, 3.05) is 19.3 Å². The highest BCUT2D eigenvalue weighted by Gasteiger charge is 2.31. The molecule has 8 heteroatoms. The van der Waals surface area contributed by atoms with Crippen molar-refractivity contribution < 1.29 is 18.0 Å². The Labute approximate surface area is 107 Å². The van der Waals surface area contributed by atoms with Crippen molar-refractivity contribution in [1.82, 2.24) is 16.0 Å². The van der Waals surface area contributed by atoms with Crippen LogP contribution in [0.3, 0.4) is 0 Å². The van der Waals surface area contributed by atoms with Crippen LogP contribution in [-0.2, 0) is 14.6 Å². The van der Waals surface area contributed by atoms with Gasteiger partial charge in [0.25, 0.3) is 0 Å². The molecule has 3 amide bonds. The van der Waals surface area contributed by atoms with Crippen LogP contribution in [0.25, 0.3) is 0 Å². The summed E-state index contributed by atoms with van der Waals surface area (Å²) in [6.07, 6.45) is 1.30. The van der Waals surface area contributed by atoms with Crippen molar-refractivity contribution >= 4 is 21.8 Å². The molecule has 2 unspecified atom stereocenters. The van der Waals surface area contributed by atoms with E-state index in [-0.39, 0.29) is 12.3 Å². The summed E-state index contributed by atoms with van der Waals surface area (Å²) in [4.78, 5) is 22.4. The maximum atomic E-state index is 11.6. The van der Waals surface area contributed by atoms with E-state index in [1.165, 1.54) is 7.05 Å². The van der Waals surface area contributed by atoms with Crippen LogP contribution in [-0.4, -0.2) is 51.0 Å². The Morgan fingerprint density at radius 3 is 2.56 bits per heavy atom. The minimum absolute atomic E-state index is 0.220. The molecule has 1 aliphatic rings. The number of carbonyl (C=O) groups excluding carboxylic acids is 2. The van der Waals surface area contributed by atoms with E-state index in [1.807, 2.05) is 0 Å². The molecule has 3 N–H and O–H groups in total. The van der Waals surface area contributed by atoms with E-state index in [0.29, 0.717) is 12.8 Å². The molecule has 1 aliphatic heterocycles. The van der Waals surface area contributed by atoms with Crippen molar-refractivity contribution in [3.8, 4) is 0 Å². The Morgan fingerprint density at radius 1 is 1.39 bits per heavy atom. The summed E-state index contributed by atoms with van der Waals surface area (Å²) < 4.78 is 23.1. The molecule has 0 aromatic rings. The molecule has 0 bridgehead atoms. The average Bonchev–Trinajstić information content (AvgIpc) is 2.64. The zero-order valence-electron chi connectivity index (χ0n) is 10.5. The fourth-order valence-electron chi connectivity index (χ4n) is 1.77. The molecule has 1 rings (SSSR count). The minimum Gasteiger partial charge on any atom is -0.341 e. The second-order valence-electron chi connectivity index (χ2n) is 4.33. The van der Waals surface area contributed by atoms with Gasteiger partial charge >= 0.3 is 6.03 Å². The predicted molar refractivity (Wildman–Crippen MR) is 66.9 cm³/mol. The van der Waals surface area contributed by atoms with Crippen LogP contribution < -0.4 is 16.0 Å². The summed E-state index contributed by atoms with van der Waals surface area (Å²) in [6, 6.07) is -1.19. The van der Waals surface area contributed by atoms with Crippen LogP contribution in [0.15, 0.2) is 0 Å². The lowest BCUT2D eigenvalue weighted by Gasteiger charge is -2.16. The normalized spacial score (nSPS) is 23.3. The fourth-order valence-corrected chi connectivity index (χ4v) is 3.55. The Hall–Kier alpha value is -1.15. The van der Waals surface area contributed by atoms with Gasteiger partial charge in [0.15, 0.2) is 9.84 Å². The smallest absolute Gasteiger partial charge is 0.321 e. The average molecular weight is 277 g/mol. The number of sulfone groups is 1. The van der Waals surface area contributed by atoms with Gasteiger partial charge in [-0.3, -0.25) is 10.1 Å². The van der Waals surface area contributed by atoms with Crippen molar-refractivity contribution in [2.45, 2.75) is 31.1 Å². The summed E-state index contributed by atoms with van der Waals surface area (Å²) in [6.45, 7) is 1.82. The lowest BCUT2D eigenvalue weighted by molar-refractivity contribution is -0.121. The Balaban J connectivity index is 2.39. The van der Waals surface area contributed by atoms with Crippen molar-refractivity contribution in [1.29, 1.82) is 0 Å². The molecule has 7 nitrogen and oxygen atoms in total. The molecule has 0 aliphatic carbocycles. The fraction of sp³-hybridized carbons (Fsp3) is 0.800. The van der Waals surface area contributed by atoms with Crippen LogP contribution in [0.5, 0.6) is 0 Å². The van der Waals surface area contributed by atoms with Gasteiger partial charge in [0, 0.05) is 13.6 Å². The molecule has 0 aromatic heterocycles. The highest BCUT2D eigenvalue weighted by atomic mass is 32.2. The number of nitrogens with one attached hydrogen (secondary N) is 3. The molecular formula is C10H19N3O4S. The van der Waals surface area contributed by atoms with E-state index >= 15 is 0 Å². The maximum Gasteiger partial charge on any atom is 0.321 e. The molecule has 1 fully saturated rings. The van der Waals surface area contributed by atoms with Crippen molar-refractivity contribution in [3.05, 3.63) is 0 Å². The molecule has 2 atom stereocenters. The Morgan fingerprint density at radius 2 is 2.06 bits per heavy atom. The van der Waals surface area contributed by atoms with Gasteiger partial charge in [-0.2, -0.15) is 0 Å². The summed E-state index contributed by atoms with van der Waals surface area (Å²) in [5.74, 6) is -0.261. The van der Waals surface area contributed by atoms with Crippen LogP contribution in [0, 0.1) is 0 Å². The SMILES string of the molecule is CNC(=O)NC(=O)C(C)NCC1CCCS1(=O)=O. The lowest BCUT2D eigenvalue weighted by Crippen LogP contribution is -2.49. The largest absolute Gasteiger partial charge is 0.341 e. The van der Waals surface area contributed by atoms with E-state index in [1.54, 1.807) is 6.92 Å². The van der Waals surface area contributed by atoms with Gasteiger partial charge in [0.2, 0.25) is 5.91 Å². The first-order chi connectivity index (χ1) is 8.36. The Kier molecular flexibility index (Phi) is 5.09. The van der Waals surface area contributed by atoms with Gasteiger partial charge in [0.05, 0.1) is 17.0 Å². The molecule has 104 valence electrons. The van der Waals surface area contributed by atoms with Gasteiger partial charge in [0.1, 0.15) is 0 Å². The highest BCUT2D eigenvalue weighted by Crippen LogP contribution is 2.19. The quantitative estimate of drug-likeness (QED) is 0.611. The first-order valence-corrected chi connectivity index (χ1v) is 7.56. The van der Waals surface area contributed by atoms with E-state index in [2.05, 4.69) is 16.0 Å².